The van der Waals surface area contributed by atoms with Crippen LogP contribution < -0.4 is 4.90 Å². The minimum Gasteiger partial charge on any atom is -0.310 e. The van der Waals surface area contributed by atoms with E-state index in [1.165, 1.54) is 98.1 Å². The minimum absolute atomic E-state index is 0.118. The highest BCUT2D eigenvalue weighted by atomic mass is 32.1. The Morgan fingerprint density at radius 2 is 0.869 bits per heavy atom. The van der Waals surface area contributed by atoms with Gasteiger partial charge in [0.1, 0.15) is 0 Å². The average molecular weight is 798 g/mol. The third-order valence-electron chi connectivity index (χ3n) is 13.4. The summed E-state index contributed by atoms with van der Waals surface area (Å²) < 4.78 is 2.67. The Hall–Kier alpha value is -7.00. The van der Waals surface area contributed by atoms with Gasteiger partial charge in [-0.05, 0) is 133 Å². The van der Waals surface area contributed by atoms with Crippen LogP contribution in [0.2, 0.25) is 0 Å². The van der Waals surface area contributed by atoms with Crippen molar-refractivity contribution in [1.29, 1.82) is 0 Å². The summed E-state index contributed by atoms with van der Waals surface area (Å²) in [5.41, 5.74) is 21.9. The lowest BCUT2D eigenvalue weighted by atomic mass is 9.82. The first-order valence-corrected chi connectivity index (χ1v) is 22.2. The Morgan fingerprint density at radius 3 is 1.57 bits per heavy atom. The fourth-order valence-corrected chi connectivity index (χ4v) is 11.6. The second kappa shape index (κ2) is 14.0. The zero-order valence-electron chi connectivity index (χ0n) is 34.3. The second-order valence-electron chi connectivity index (χ2n) is 17.2. The summed E-state index contributed by atoms with van der Waals surface area (Å²) in [7, 11) is 0. The van der Waals surface area contributed by atoms with Gasteiger partial charge in [-0.2, -0.15) is 0 Å². The summed E-state index contributed by atoms with van der Waals surface area (Å²) in [6.45, 7) is 4.75. The Morgan fingerprint density at radius 1 is 0.377 bits per heavy atom. The number of nitrogens with zero attached hydrogens (tertiary/aromatic N) is 1. The van der Waals surface area contributed by atoms with Gasteiger partial charge in [-0.1, -0.05) is 172 Å². The van der Waals surface area contributed by atoms with E-state index in [2.05, 4.69) is 219 Å². The SMILES string of the molecule is CC1(C)c2ccccc2-c2ccc(N(c3ccc(-c4cccc5c4sc4ccccc45)cc3)c3ccc4c(c3)Cc3ccccc3-c3ccccc3Cc3ccccc3-4)cc21. The van der Waals surface area contributed by atoms with Gasteiger partial charge in [0.25, 0.3) is 0 Å². The maximum Gasteiger partial charge on any atom is 0.0465 e. The van der Waals surface area contributed by atoms with Crippen molar-refractivity contribution in [2.75, 3.05) is 4.90 Å². The predicted octanol–water partition coefficient (Wildman–Crippen LogP) is 16.3. The molecule has 10 aromatic rings. The molecule has 0 amide bonds. The highest BCUT2D eigenvalue weighted by molar-refractivity contribution is 7.26. The van der Waals surface area contributed by atoms with Crippen molar-refractivity contribution >= 4 is 48.6 Å². The number of hydrogen-bond acceptors (Lipinski definition) is 2. The van der Waals surface area contributed by atoms with Crippen molar-refractivity contribution in [3.63, 3.8) is 0 Å². The van der Waals surface area contributed by atoms with Gasteiger partial charge in [0.15, 0.2) is 0 Å². The normalized spacial score (nSPS) is 13.4. The van der Waals surface area contributed by atoms with Crippen LogP contribution in [0.5, 0.6) is 0 Å². The van der Waals surface area contributed by atoms with E-state index in [0.717, 1.165) is 29.9 Å². The van der Waals surface area contributed by atoms with Gasteiger partial charge < -0.3 is 4.90 Å². The number of anilines is 3. The van der Waals surface area contributed by atoms with Crippen LogP contribution in [-0.4, -0.2) is 0 Å². The largest absolute Gasteiger partial charge is 0.310 e. The molecule has 0 bridgehead atoms. The summed E-state index contributed by atoms with van der Waals surface area (Å²) >= 11 is 1.89. The number of fused-ring (bicyclic) bond motifs is 12. The Labute approximate surface area is 361 Å². The van der Waals surface area contributed by atoms with E-state index >= 15 is 0 Å². The highest BCUT2D eigenvalue weighted by Gasteiger charge is 2.36. The zero-order valence-corrected chi connectivity index (χ0v) is 35.1. The minimum atomic E-state index is -0.118. The van der Waals surface area contributed by atoms with E-state index in [1.807, 2.05) is 11.3 Å². The molecule has 12 rings (SSSR count). The number of rotatable bonds is 4. The zero-order chi connectivity index (χ0) is 40.7. The summed E-state index contributed by atoms with van der Waals surface area (Å²) in [4.78, 5) is 2.48. The molecule has 0 saturated heterocycles. The van der Waals surface area contributed by atoms with Crippen LogP contribution in [0.15, 0.2) is 200 Å². The molecule has 61 heavy (non-hydrogen) atoms. The van der Waals surface area contributed by atoms with Gasteiger partial charge in [-0.3, -0.25) is 0 Å². The molecule has 0 saturated carbocycles. The molecule has 9 aromatic carbocycles. The van der Waals surface area contributed by atoms with E-state index in [1.54, 1.807) is 0 Å². The molecule has 0 radical (unpaired) electrons. The summed E-state index contributed by atoms with van der Waals surface area (Å²) in [6, 6.07) is 75.1. The monoisotopic (exact) mass is 797 g/mol. The molecule has 2 heteroatoms. The third kappa shape index (κ3) is 5.81. The van der Waals surface area contributed by atoms with Crippen LogP contribution in [0.1, 0.15) is 47.2 Å². The van der Waals surface area contributed by atoms with Gasteiger partial charge in [0.05, 0.1) is 0 Å². The van der Waals surface area contributed by atoms with Crippen LogP contribution in [-0.2, 0) is 18.3 Å². The highest BCUT2D eigenvalue weighted by Crippen LogP contribution is 2.51. The first kappa shape index (κ1) is 35.9. The molecule has 1 nitrogen and oxygen atoms in total. The van der Waals surface area contributed by atoms with E-state index in [-0.39, 0.29) is 5.41 Å². The van der Waals surface area contributed by atoms with Crippen molar-refractivity contribution in [3.8, 4) is 44.5 Å². The van der Waals surface area contributed by atoms with Crippen LogP contribution in [0.4, 0.5) is 17.1 Å². The molecule has 2 aliphatic rings. The van der Waals surface area contributed by atoms with E-state index < -0.39 is 0 Å². The van der Waals surface area contributed by atoms with Crippen LogP contribution in [0, 0.1) is 0 Å². The molecule has 0 atom stereocenters. The maximum absolute atomic E-state index is 2.48. The maximum atomic E-state index is 2.48. The van der Waals surface area contributed by atoms with E-state index in [0.29, 0.717) is 0 Å². The molecule has 2 aliphatic carbocycles. The van der Waals surface area contributed by atoms with E-state index in [9.17, 15) is 0 Å². The van der Waals surface area contributed by atoms with Gasteiger partial charge in [0, 0.05) is 42.6 Å². The molecule has 1 heterocycles. The van der Waals surface area contributed by atoms with Crippen molar-refractivity contribution in [2.45, 2.75) is 32.1 Å². The number of thiophene rings is 1. The van der Waals surface area contributed by atoms with Crippen molar-refractivity contribution < 1.29 is 0 Å². The van der Waals surface area contributed by atoms with Crippen molar-refractivity contribution in [2.24, 2.45) is 0 Å². The van der Waals surface area contributed by atoms with Crippen molar-refractivity contribution in [1.82, 2.24) is 0 Å². The molecule has 0 spiro atoms. The molecule has 0 aliphatic heterocycles. The summed E-state index contributed by atoms with van der Waals surface area (Å²) in [5.74, 6) is 0. The standard InChI is InChI=1S/C59H43NS/c1-59(2)55-24-11-9-20-51(55)52-33-31-45(37-56(52)59)60(43-28-26-38(27-29-43)50-22-13-23-54-53-21-10-12-25-57(53)61-58(50)54)44-30-32-49-42(36-44)35-41-16-5-7-18-47(41)46-17-6-3-14-39(46)34-40-15-4-8-19-48(40)49/h3-33,36-37H,34-35H2,1-2H3. The Balaban J connectivity index is 1.04. The molecule has 0 N–H and O–H groups in total. The molecule has 0 fully saturated rings. The van der Waals surface area contributed by atoms with Crippen LogP contribution in [0.25, 0.3) is 64.7 Å². The molecular weight excluding hydrogens is 755 g/mol. The molecule has 0 unspecified atom stereocenters. The first-order chi connectivity index (χ1) is 30.0. The molecule has 1 aromatic heterocycles. The van der Waals surface area contributed by atoms with Crippen molar-refractivity contribution in [3.05, 3.63) is 234 Å². The van der Waals surface area contributed by atoms with Gasteiger partial charge in [-0.25, -0.2) is 0 Å². The number of hydrogen-bond donors (Lipinski definition) is 0. The summed E-state index contributed by atoms with van der Waals surface area (Å²) in [6.07, 6.45) is 1.70. The first-order valence-electron chi connectivity index (χ1n) is 21.4. The van der Waals surface area contributed by atoms with Gasteiger partial charge >= 0.3 is 0 Å². The lowest BCUT2D eigenvalue weighted by Crippen LogP contribution is -2.16. The lowest BCUT2D eigenvalue weighted by Gasteiger charge is -2.29. The predicted molar refractivity (Wildman–Crippen MR) is 260 cm³/mol. The third-order valence-corrected chi connectivity index (χ3v) is 14.6. The van der Waals surface area contributed by atoms with Crippen LogP contribution in [0.3, 0.4) is 0 Å². The average Bonchev–Trinajstić information content (AvgIpc) is 3.79. The van der Waals surface area contributed by atoms with Gasteiger partial charge in [0.2, 0.25) is 0 Å². The van der Waals surface area contributed by atoms with Gasteiger partial charge in [-0.15, -0.1) is 11.3 Å². The fourth-order valence-electron chi connectivity index (χ4n) is 10.4. The Kier molecular flexibility index (Phi) is 8.27. The lowest BCUT2D eigenvalue weighted by molar-refractivity contribution is 0.660. The number of benzene rings is 9. The smallest absolute Gasteiger partial charge is 0.0465 e. The van der Waals surface area contributed by atoms with E-state index in [4.69, 9.17) is 0 Å². The fraction of sp³-hybridized carbons (Fsp3) is 0.0847. The topological polar surface area (TPSA) is 3.24 Å². The summed E-state index contributed by atoms with van der Waals surface area (Å²) in [5, 5.41) is 2.65. The Bertz CT molecular complexity index is 3350. The van der Waals surface area contributed by atoms with Crippen LogP contribution >= 0.6 is 11.3 Å². The quantitative estimate of drug-likeness (QED) is 0.171. The molecule has 290 valence electrons. The molecular formula is C59H43NS. The second-order valence-corrected chi connectivity index (χ2v) is 18.3.